The number of carbonyl (C=O) groups is 1. The normalized spacial score (nSPS) is 10.4. The van der Waals surface area contributed by atoms with Crippen LogP contribution in [0.4, 0.5) is 8.78 Å². The van der Waals surface area contributed by atoms with Gasteiger partial charge in [-0.25, -0.2) is 8.78 Å². The predicted octanol–water partition coefficient (Wildman–Crippen LogP) is 3.49. The number of hydrogen-bond acceptors (Lipinski definition) is 1. The monoisotopic (exact) mass is 311 g/mol. The van der Waals surface area contributed by atoms with Crippen LogP contribution >= 0.6 is 15.9 Å². The number of hydrogen-bond donors (Lipinski definition) is 1. The molecule has 0 heterocycles. The predicted molar refractivity (Wildman–Crippen MR) is 68.0 cm³/mol. The minimum atomic E-state index is -0.949. The molecule has 0 aliphatic heterocycles. The Labute approximate surface area is 111 Å². The molecule has 2 N–H and O–H groups in total. The van der Waals surface area contributed by atoms with Crippen LogP contribution in [0.25, 0.3) is 11.1 Å². The molecule has 18 heavy (non-hydrogen) atoms. The Hall–Kier alpha value is -1.75. The third kappa shape index (κ3) is 2.26. The van der Waals surface area contributed by atoms with Gasteiger partial charge in [0.2, 0.25) is 5.91 Å². The second-order valence-electron chi connectivity index (χ2n) is 3.66. The van der Waals surface area contributed by atoms with Crippen LogP contribution in [0.5, 0.6) is 0 Å². The van der Waals surface area contributed by atoms with Crippen LogP contribution in [0.2, 0.25) is 0 Å². The highest BCUT2D eigenvalue weighted by Crippen LogP contribution is 2.28. The first-order valence-corrected chi connectivity index (χ1v) is 5.83. The number of carbonyl (C=O) groups excluding carboxylic acids is 1. The van der Waals surface area contributed by atoms with E-state index < -0.39 is 17.5 Å². The molecule has 0 aliphatic carbocycles. The number of amides is 1. The lowest BCUT2D eigenvalue weighted by Crippen LogP contribution is -2.11. The standard InChI is InChI=1S/C13H8BrF2NO/c14-10-5-4-7(6-9(10)13(17)18)8-2-1-3-11(15)12(8)16/h1-6H,(H2,17,18). The zero-order valence-corrected chi connectivity index (χ0v) is 10.7. The topological polar surface area (TPSA) is 43.1 Å². The second-order valence-corrected chi connectivity index (χ2v) is 4.51. The lowest BCUT2D eigenvalue weighted by molar-refractivity contribution is 0.0999. The Morgan fingerprint density at radius 3 is 2.56 bits per heavy atom. The molecule has 92 valence electrons. The van der Waals surface area contributed by atoms with Gasteiger partial charge in [-0.05, 0) is 39.7 Å². The van der Waals surface area contributed by atoms with Crippen LogP contribution < -0.4 is 5.73 Å². The van der Waals surface area contributed by atoms with Gasteiger partial charge in [0, 0.05) is 10.0 Å². The van der Waals surface area contributed by atoms with Crippen LogP contribution in [0, 0.1) is 11.6 Å². The molecule has 0 aliphatic rings. The van der Waals surface area contributed by atoms with E-state index in [1.54, 1.807) is 12.1 Å². The molecular weight excluding hydrogens is 304 g/mol. The molecule has 2 aromatic rings. The van der Waals surface area contributed by atoms with Crippen molar-refractivity contribution in [3.8, 4) is 11.1 Å². The quantitative estimate of drug-likeness (QED) is 0.906. The molecule has 0 aromatic heterocycles. The Morgan fingerprint density at radius 1 is 1.17 bits per heavy atom. The molecule has 2 aromatic carbocycles. The Bertz CT molecular complexity index is 628. The van der Waals surface area contributed by atoms with Gasteiger partial charge in [-0.2, -0.15) is 0 Å². The molecule has 0 fully saturated rings. The summed E-state index contributed by atoms with van der Waals surface area (Å²) in [4.78, 5) is 11.2. The van der Waals surface area contributed by atoms with Crippen LogP contribution in [-0.4, -0.2) is 5.91 Å². The maximum Gasteiger partial charge on any atom is 0.249 e. The first kappa shape index (κ1) is 12.7. The van der Waals surface area contributed by atoms with Crippen molar-refractivity contribution in [3.05, 3.63) is 58.1 Å². The zero-order chi connectivity index (χ0) is 13.3. The molecule has 0 atom stereocenters. The largest absolute Gasteiger partial charge is 0.366 e. The first-order chi connectivity index (χ1) is 8.50. The van der Waals surface area contributed by atoms with E-state index in [1.165, 1.54) is 18.2 Å². The smallest absolute Gasteiger partial charge is 0.249 e. The van der Waals surface area contributed by atoms with Crippen molar-refractivity contribution in [2.75, 3.05) is 0 Å². The van der Waals surface area contributed by atoms with Gasteiger partial charge in [-0.3, -0.25) is 4.79 Å². The summed E-state index contributed by atoms with van der Waals surface area (Å²) in [5.74, 6) is -2.52. The zero-order valence-electron chi connectivity index (χ0n) is 9.08. The summed E-state index contributed by atoms with van der Waals surface area (Å²) < 4.78 is 27.3. The molecule has 0 radical (unpaired) electrons. The summed E-state index contributed by atoms with van der Waals surface area (Å²) in [5, 5.41) is 0. The number of benzene rings is 2. The fourth-order valence-corrected chi connectivity index (χ4v) is 2.05. The summed E-state index contributed by atoms with van der Waals surface area (Å²) >= 11 is 3.17. The Balaban J connectivity index is 2.62. The summed E-state index contributed by atoms with van der Waals surface area (Å²) in [6.45, 7) is 0. The van der Waals surface area contributed by atoms with Crippen molar-refractivity contribution in [2.45, 2.75) is 0 Å². The molecular formula is C13H8BrF2NO. The molecule has 0 unspecified atom stereocenters. The van der Waals surface area contributed by atoms with Crippen LogP contribution in [-0.2, 0) is 0 Å². The molecule has 0 bridgehead atoms. The minimum Gasteiger partial charge on any atom is -0.366 e. The third-order valence-corrected chi connectivity index (χ3v) is 3.19. The van der Waals surface area contributed by atoms with Gasteiger partial charge < -0.3 is 5.73 Å². The Morgan fingerprint density at radius 2 is 1.89 bits per heavy atom. The van der Waals surface area contributed by atoms with Crippen LogP contribution in [0.1, 0.15) is 10.4 Å². The van der Waals surface area contributed by atoms with Gasteiger partial charge in [0.15, 0.2) is 11.6 Å². The fourth-order valence-electron chi connectivity index (χ4n) is 1.61. The molecule has 1 amide bonds. The van der Waals surface area contributed by atoms with Crippen LogP contribution in [0.15, 0.2) is 40.9 Å². The van der Waals surface area contributed by atoms with Crippen molar-refractivity contribution < 1.29 is 13.6 Å². The van der Waals surface area contributed by atoms with Crippen LogP contribution in [0.3, 0.4) is 0 Å². The SMILES string of the molecule is NC(=O)c1cc(-c2cccc(F)c2F)ccc1Br. The fraction of sp³-hybridized carbons (Fsp3) is 0. The van der Waals surface area contributed by atoms with Gasteiger partial charge in [0.25, 0.3) is 0 Å². The summed E-state index contributed by atoms with van der Waals surface area (Å²) in [7, 11) is 0. The van der Waals surface area contributed by atoms with E-state index in [0.29, 0.717) is 10.0 Å². The summed E-state index contributed by atoms with van der Waals surface area (Å²) in [5.41, 5.74) is 5.89. The third-order valence-electron chi connectivity index (χ3n) is 2.49. The van der Waals surface area contributed by atoms with Gasteiger partial charge in [-0.1, -0.05) is 18.2 Å². The van der Waals surface area contributed by atoms with E-state index >= 15 is 0 Å². The molecule has 2 rings (SSSR count). The van der Waals surface area contributed by atoms with Gasteiger partial charge in [0.05, 0.1) is 5.56 Å². The summed E-state index contributed by atoms with van der Waals surface area (Å²) in [6.07, 6.45) is 0. The highest BCUT2D eigenvalue weighted by Gasteiger charge is 2.13. The van der Waals surface area contributed by atoms with Gasteiger partial charge in [-0.15, -0.1) is 0 Å². The van der Waals surface area contributed by atoms with E-state index in [2.05, 4.69) is 15.9 Å². The average molecular weight is 312 g/mol. The molecule has 0 saturated heterocycles. The second kappa shape index (κ2) is 4.86. The maximum atomic E-state index is 13.6. The van der Waals surface area contributed by atoms with Gasteiger partial charge >= 0.3 is 0 Å². The highest BCUT2D eigenvalue weighted by molar-refractivity contribution is 9.10. The maximum absolute atomic E-state index is 13.6. The number of primary amides is 1. The molecule has 5 heteroatoms. The van der Waals surface area contributed by atoms with E-state index in [0.717, 1.165) is 6.07 Å². The lowest BCUT2D eigenvalue weighted by Gasteiger charge is -2.07. The van der Waals surface area contributed by atoms with E-state index in [-0.39, 0.29) is 11.1 Å². The minimum absolute atomic E-state index is 0.0880. The highest BCUT2D eigenvalue weighted by atomic mass is 79.9. The average Bonchev–Trinajstić information content (AvgIpc) is 2.33. The first-order valence-electron chi connectivity index (χ1n) is 5.04. The van der Waals surface area contributed by atoms with Crippen molar-refractivity contribution in [1.29, 1.82) is 0 Å². The van der Waals surface area contributed by atoms with Gasteiger partial charge in [0.1, 0.15) is 0 Å². The number of halogens is 3. The van der Waals surface area contributed by atoms with Crippen molar-refractivity contribution >= 4 is 21.8 Å². The van der Waals surface area contributed by atoms with E-state index in [9.17, 15) is 13.6 Å². The van der Waals surface area contributed by atoms with Crippen molar-refractivity contribution in [1.82, 2.24) is 0 Å². The Kier molecular flexibility index (Phi) is 3.43. The summed E-state index contributed by atoms with van der Waals surface area (Å²) in [6, 6.07) is 8.44. The molecule has 0 saturated carbocycles. The molecule has 0 spiro atoms. The molecule has 2 nitrogen and oxygen atoms in total. The van der Waals surface area contributed by atoms with Crippen molar-refractivity contribution in [3.63, 3.8) is 0 Å². The van der Waals surface area contributed by atoms with Crippen molar-refractivity contribution in [2.24, 2.45) is 5.73 Å². The number of rotatable bonds is 2. The van der Waals surface area contributed by atoms with E-state index in [4.69, 9.17) is 5.73 Å². The lowest BCUT2D eigenvalue weighted by atomic mass is 10.0. The van der Waals surface area contributed by atoms with E-state index in [1.807, 2.05) is 0 Å². The number of nitrogens with two attached hydrogens (primary N) is 1.